The molecular formula is C8H15NO4. The van der Waals surface area contributed by atoms with Crippen molar-refractivity contribution in [1.29, 1.82) is 0 Å². The Morgan fingerprint density at radius 1 is 1.46 bits per heavy atom. The zero-order valence-electron chi connectivity index (χ0n) is 7.44. The van der Waals surface area contributed by atoms with Gasteiger partial charge in [-0.1, -0.05) is 0 Å². The standard InChI is InChI=1S/C8H15NO4/c9-3-1-2-7-12-4-6(5-13-7)8(10)11/h6-7H,1-5,9H2,(H,10,11). The van der Waals surface area contributed by atoms with Crippen molar-refractivity contribution in [2.45, 2.75) is 19.1 Å². The van der Waals surface area contributed by atoms with E-state index in [2.05, 4.69) is 0 Å². The first-order chi connectivity index (χ1) is 6.24. The molecule has 0 aromatic carbocycles. The number of hydrogen-bond acceptors (Lipinski definition) is 4. The van der Waals surface area contributed by atoms with Gasteiger partial charge in [0.05, 0.1) is 13.2 Å². The summed E-state index contributed by atoms with van der Waals surface area (Å²) in [6.07, 6.45) is 1.31. The first-order valence-electron chi connectivity index (χ1n) is 4.40. The maximum atomic E-state index is 10.5. The molecule has 0 spiro atoms. The maximum Gasteiger partial charge on any atom is 0.311 e. The second kappa shape index (κ2) is 5.16. The molecule has 1 saturated heterocycles. The van der Waals surface area contributed by atoms with Crippen LogP contribution in [0, 0.1) is 5.92 Å². The summed E-state index contributed by atoms with van der Waals surface area (Å²) in [4.78, 5) is 10.5. The minimum absolute atomic E-state index is 0.241. The second-order valence-corrected chi connectivity index (χ2v) is 3.06. The van der Waals surface area contributed by atoms with Crippen LogP contribution in [-0.2, 0) is 14.3 Å². The quantitative estimate of drug-likeness (QED) is 0.640. The molecule has 1 fully saturated rings. The van der Waals surface area contributed by atoms with Gasteiger partial charge in [0.25, 0.3) is 0 Å². The highest BCUT2D eigenvalue weighted by atomic mass is 16.7. The van der Waals surface area contributed by atoms with Crippen LogP contribution in [0.3, 0.4) is 0 Å². The molecule has 1 aliphatic heterocycles. The fourth-order valence-corrected chi connectivity index (χ4v) is 1.14. The summed E-state index contributed by atoms with van der Waals surface area (Å²) in [6, 6.07) is 0. The SMILES string of the molecule is NCCCC1OCC(C(=O)O)CO1. The van der Waals surface area contributed by atoms with Crippen molar-refractivity contribution in [1.82, 2.24) is 0 Å². The molecule has 0 aromatic heterocycles. The molecule has 0 saturated carbocycles. The van der Waals surface area contributed by atoms with Crippen LogP contribution < -0.4 is 5.73 Å². The molecule has 0 atom stereocenters. The highest BCUT2D eigenvalue weighted by Crippen LogP contribution is 2.14. The van der Waals surface area contributed by atoms with E-state index < -0.39 is 11.9 Å². The Hall–Kier alpha value is -0.650. The van der Waals surface area contributed by atoms with Gasteiger partial charge in [-0.3, -0.25) is 4.79 Å². The number of ether oxygens (including phenoxy) is 2. The van der Waals surface area contributed by atoms with E-state index in [1.165, 1.54) is 0 Å². The van der Waals surface area contributed by atoms with E-state index in [9.17, 15) is 4.79 Å². The molecule has 1 heterocycles. The van der Waals surface area contributed by atoms with Crippen LogP contribution in [0.15, 0.2) is 0 Å². The first-order valence-corrected chi connectivity index (χ1v) is 4.40. The summed E-state index contributed by atoms with van der Waals surface area (Å²) >= 11 is 0. The van der Waals surface area contributed by atoms with Crippen molar-refractivity contribution in [3.05, 3.63) is 0 Å². The van der Waals surface area contributed by atoms with Crippen LogP contribution in [-0.4, -0.2) is 37.1 Å². The van der Waals surface area contributed by atoms with Gasteiger partial charge in [-0.2, -0.15) is 0 Å². The molecule has 0 unspecified atom stereocenters. The molecule has 5 nitrogen and oxygen atoms in total. The minimum atomic E-state index is -0.864. The number of carboxylic acid groups (broad SMARTS) is 1. The van der Waals surface area contributed by atoms with Crippen molar-refractivity contribution in [3.8, 4) is 0 Å². The van der Waals surface area contributed by atoms with Gasteiger partial charge in [0.2, 0.25) is 0 Å². The Morgan fingerprint density at radius 3 is 2.54 bits per heavy atom. The van der Waals surface area contributed by atoms with Gasteiger partial charge in [-0.05, 0) is 19.4 Å². The van der Waals surface area contributed by atoms with Gasteiger partial charge in [0.15, 0.2) is 6.29 Å². The number of nitrogens with two attached hydrogens (primary N) is 1. The van der Waals surface area contributed by atoms with Gasteiger partial charge in [0.1, 0.15) is 5.92 Å². The normalized spacial score (nSPS) is 28.7. The van der Waals surface area contributed by atoms with Crippen molar-refractivity contribution in [3.63, 3.8) is 0 Å². The minimum Gasteiger partial charge on any atom is -0.481 e. The Balaban J connectivity index is 2.18. The van der Waals surface area contributed by atoms with E-state index in [4.69, 9.17) is 20.3 Å². The van der Waals surface area contributed by atoms with Crippen molar-refractivity contribution >= 4 is 5.97 Å². The average molecular weight is 189 g/mol. The van der Waals surface area contributed by atoms with Crippen LogP contribution in [0.4, 0.5) is 0 Å². The summed E-state index contributed by atoms with van der Waals surface area (Å²) in [5.74, 6) is -1.38. The summed E-state index contributed by atoms with van der Waals surface area (Å²) in [5, 5.41) is 8.62. The molecule has 0 amide bonds. The monoisotopic (exact) mass is 189 g/mol. The molecule has 5 heteroatoms. The third-order valence-electron chi connectivity index (χ3n) is 1.96. The van der Waals surface area contributed by atoms with E-state index in [1.54, 1.807) is 0 Å². The number of hydrogen-bond donors (Lipinski definition) is 2. The van der Waals surface area contributed by atoms with Crippen molar-refractivity contribution in [2.75, 3.05) is 19.8 Å². The molecule has 3 N–H and O–H groups in total. The molecule has 1 rings (SSSR count). The number of aliphatic carboxylic acids is 1. The third-order valence-corrected chi connectivity index (χ3v) is 1.96. The lowest BCUT2D eigenvalue weighted by molar-refractivity contribution is -0.209. The number of carbonyl (C=O) groups is 1. The second-order valence-electron chi connectivity index (χ2n) is 3.06. The molecule has 0 bridgehead atoms. The van der Waals surface area contributed by atoms with E-state index in [-0.39, 0.29) is 19.5 Å². The van der Waals surface area contributed by atoms with Crippen molar-refractivity contribution in [2.24, 2.45) is 11.7 Å². The van der Waals surface area contributed by atoms with E-state index in [0.29, 0.717) is 6.54 Å². The first kappa shape index (κ1) is 10.4. The highest BCUT2D eigenvalue weighted by Gasteiger charge is 2.26. The van der Waals surface area contributed by atoms with Gasteiger partial charge in [-0.25, -0.2) is 0 Å². The topological polar surface area (TPSA) is 81.8 Å². The van der Waals surface area contributed by atoms with Gasteiger partial charge in [0, 0.05) is 0 Å². The van der Waals surface area contributed by atoms with E-state index in [0.717, 1.165) is 12.8 Å². The molecule has 0 radical (unpaired) electrons. The lowest BCUT2D eigenvalue weighted by Gasteiger charge is -2.27. The molecule has 1 aliphatic rings. The molecule has 76 valence electrons. The van der Waals surface area contributed by atoms with Gasteiger partial charge < -0.3 is 20.3 Å². The predicted octanol–water partition coefficient (Wildman–Crippen LogP) is -0.201. The molecule has 13 heavy (non-hydrogen) atoms. The summed E-state index contributed by atoms with van der Waals surface area (Å²) in [6.45, 7) is 1.08. The van der Waals surface area contributed by atoms with Crippen molar-refractivity contribution < 1.29 is 19.4 Å². The van der Waals surface area contributed by atoms with Crippen LogP contribution >= 0.6 is 0 Å². The Labute approximate surface area is 76.8 Å². The number of carboxylic acids is 1. The van der Waals surface area contributed by atoms with Crippen LogP contribution in [0.1, 0.15) is 12.8 Å². The van der Waals surface area contributed by atoms with Gasteiger partial charge in [-0.15, -0.1) is 0 Å². The molecule has 0 aliphatic carbocycles. The van der Waals surface area contributed by atoms with Crippen LogP contribution in [0.25, 0.3) is 0 Å². The fourth-order valence-electron chi connectivity index (χ4n) is 1.14. The lowest BCUT2D eigenvalue weighted by Crippen LogP contribution is -2.36. The fraction of sp³-hybridized carbons (Fsp3) is 0.875. The zero-order valence-corrected chi connectivity index (χ0v) is 7.44. The largest absolute Gasteiger partial charge is 0.481 e. The van der Waals surface area contributed by atoms with E-state index in [1.807, 2.05) is 0 Å². The molecular weight excluding hydrogens is 174 g/mol. The predicted molar refractivity (Wildman–Crippen MR) is 45.1 cm³/mol. The summed E-state index contributed by atoms with van der Waals surface area (Å²) in [5.41, 5.74) is 5.32. The highest BCUT2D eigenvalue weighted by molar-refractivity contribution is 5.70. The lowest BCUT2D eigenvalue weighted by atomic mass is 10.1. The summed E-state index contributed by atoms with van der Waals surface area (Å²) < 4.78 is 10.4. The van der Waals surface area contributed by atoms with Gasteiger partial charge >= 0.3 is 5.97 Å². The number of rotatable bonds is 4. The van der Waals surface area contributed by atoms with E-state index >= 15 is 0 Å². The average Bonchev–Trinajstić information content (AvgIpc) is 2.15. The van der Waals surface area contributed by atoms with Crippen LogP contribution in [0.2, 0.25) is 0 Å². The zero-order chi connectivity index (χ0) is 9.68. The maximum absolute atomic E-state index is 10.5. The van der Waals surface area contributed by atoms with Crippen LogP contribution in [0.5, 0.6) is 0 Å². The summed E-state index contributed by atoms with van der Waals surface area (Å²) in [7, 11) is 0. The smallest absolute Gasteiger partial charge is 0.311 e. The third kappa shape index (κ3) is 3.30. The molecule has 0 aromatic rings. The Morgan fingerprint density at radius 2 is 2.08 bits per heavy atom. The Bertz CT molecular complexity index is 166. The Kier molecular flexibility index (Phi) is 4.14.